The lowest BCUT2D eigenvalue weighted by Gasteiger charge is -2.03. The zero-order valence-electron chi connectivity index (χ0n) is 10.1. The Morgan fingerprint density at radius 2 is 1.81 bits per heavy atom. The molecule has 1 N–H and O–H groups in total. The van der Waals surface area contributed by atoms with E-state index in [2.05, 4.69) is 28.2 Å². The minimum atomic E-state index is -0.407. The van der Waals surface area contributed by atoms with Crippen LogP contribution in [-0.4, -0.2) is 23.6 Å². The van der Waals surface area contributed by atoms with E-state index in [1.54, 1.807) is 0 Å². The number of alkyl halides is 1. The quantitative estimate of drug-likeness (QED) is 0.382. The molecule has 1 amide bonds. The molecule has 94 valence electrons. The summed E-state index contributed by atoms with van der Waals surface area (Å²) in [5, 5.41) is 3.66. The molecule has 3 nitrogen and oxygen atoms in total. The first-order valence-corrected chi connectivity index (χ1v) is 7.21. The van der Waals surface area contributed by atoms with Crippen LogP contribution in [0.25, 0.3) is 0 Å². The van der Waals surface area contributed by atoms with Crippen molar-refractivity contribution in [1.29, 1.82) is 0 Å². The zero-order valence-corrected chi connectivity index (χ0v) is 11.6. The number of carbonyl (C=O) groups excluding carboxylic acids is 2. The molecule has 0 radical (unpaired) electrons. The molecule has 0 rings (SSSR count). The highest BCUT2D eigenvalue weighted by atomic mass is 79.9. The molecule has 0 atom stereocenters. The average Bonchev–Trinajstić information content (AvgIpc) is 2.28. The Kier molecular flexibility index (Phi) is 10.9. The molecule has 0 aromatic rings. The van der Waals surface area contributed by atoms with Gasteiger partial charge in [-0.2, -0.15) is 0 Å². The van der Waals surface area contributed by atoms with Gasteiger partial charge in [0.25, 0.3) is 5.91 Å². The largest absolute Gasteiger partial charge is 0.350 e. The van der Waals surface area contributed by atoms with Gasteiger partial charge in [0, 0.05) is 18.3 Å². The average molecular weight is 292 g/mol. The van der Waals surface area contributed by atoms with E-state index in [1.807, 2.05) is 0 Å². The van der Waals surface area contributed by atoms with E-state index >= 15 is 0 Å². The summed E-state index contributed by atoms with van der Waals surface area (Å²) in [5.74, 6) is -0.677. The first-order valence-electron chi connectivity index (χ1n) is 6.09. The fourth-order valence-corrected chi connectivity index (χ4v) is 1.74. The highest BCUT2D eigenvalue weighted by molar-refractivity contribution is 9.09. The van der Waals surface area contributed by atoms with E-state index in [0.717, 1.165) is 43.9 Å². The van der Waals surface area contributed by atoms with Crippen molar-refractivity contribution in [2.45, 2.75) is 51.9 Å². The number of ketones is 1. The molecule has 0 aliphatic heterocycles. The van der Waals surface area contributed by atoms with E-state index in [1.165, 1.54) is 0 Å². The molecule has 0 saturated carbocycles. The smallest absolute Gasteiger partial charge is 0.287 e. The second-order valence-electron chi connectivity index (χ2n) is 3.89. The molecule has 4 heteroatoms. The van der Waals surface area contributed by atoms with Crippen molar-refractivity contribution >= 4 is 27.6 Å². The van der Waals surface area contributed by atoms with Gasteiger partial charge in [0.2, 0.25) is 5.78 Å². The molecular weight excluding hydrogens is 270 g/mol. The number of halogens is 1. The number of rotatable bonds is 10. The second kappa shape index (κ2) is 11.1. The lowest BCUT2D eigenvalue weighted by Crippen LogP contribution is -2.31. The predicted octanol–water partition coefficient (Wildman–Crippen LogP) is 2.82. The van der Waals surface area contributed by atoms with Gasteiger partial charge in [-0.3, -0.25) is 9.59 Å². The predicted molar refractivity (Wildman–Crippen MR) is 69.8 cm³/mol. The summed E-state index contributed by atoms with van der Waals surface area (Å²) in [6.45, 7) is 2.69. The maximum absolute atomic E-state index is 11.3. The van der Waals surface area contributed by atoms with Crippen LogP contribution in [0.3, 0.4) is 0 Å². The maximum Gasteiger partial charge on any atom is 0.287 e. The first kappa shape index (κ1) is 15.6. The van der Waals surface area contributed by atoms with Crippen LogP contribution in [0.4, 0.5) is 0 Å². The summed E-state index contributed by atoms with van der Waals surface area (Å²) >= 11 is 3.35. The monoisotopic (exact) mass is 291 g/mol. The summed E-state index contributed by atoms with van der Waals surface area (Å²) in [6, 6.07) is 0. The molecule has 0 aromatic heterocycles. The van der Waals surface area contributed by atoms with Crippen molar-refractivity contribution in [3.05, 3.63) is 0 Å². The number of hydrogen-bond donors (Lipinski definition) is 1. The molecule has 0 bridgehead atoms. The van der Waals surface area contributed by atoms with Crippen LogP contribution in [0.2, 0.25) is 0 Å². The van der Waals surface area contributed by atoms with Gasteiger partial charge >= 0.3 is 0 Å². The van der Waals surface area contributed by atoms with Gasteiger partial charge in [0.05, 0.1) is 0 Å². The van der Waals surface area contributed by atoms with E-state index in [4.69, 9.17) is 0 Å². The lowest BCUT2D eigenvalue weighted by molar-refractivity contribution is -0.138. The summed E-state index contributed by atoms with van der Waals surface area (Å²) in [6.07, 6.45) is 6.44. The summed E-state index contributed by atoms with van der Waals surface area (Å²) in [4.78, 5) is 22.6. The van der Waals surface area contributed by atoms with Crippen molar-refractivity contribution in [2.75, 3.05) is 11.9 Å². The summed E-state index contributed by atoms with van der Waals surface area (Å²) in [5.41, 5.74) is 0. The Morgan fingerprint density at radius 3 is 2.44 bits per heavy atom. The molecule has 0 aliphatic rings. The number of carbonyl (C=O) groups is 2. The van der Waals surface area contributed by atoms with Crippen molar-refractivity contribution in [3.8, 4) is 0 Å². The standard InChI is InChI=1S/C12H22BrNO2/c1-2-3-5-8-11(15)12(16)14-10-7-4-6-9-13/h2-10H2,1H3,(H,14,16). The third-order valence-electron chi connectivity index (χ3n) is 2.36. The van der Waals surface area contributed by atoms with Crippen molar-refractivity contribution in [2.24, 2.45) is 0 Å². The number of nitrogens with one attached hydrogen (secondary N) is 1. The van der Waals surface area contributed by atoms with Crippen LogP contribution in [-0.2, 0) is 9.59 Å². The Morgan fingerprint density at radius 1 is 1.06 bits per heavy atom. The van der Waals surface area contributed by atoms with Gasteiger partial charge in [-0.1, -0.05) is 42.1 Å². The van der Waals surface area contributed by atoms with E-state index in [0.29, 0.717) is 13.0 Å². The molecule has 0 spiro atoms. The van der Waals surface area contributed by atoms with Crippen LogP contribution < -0.4 is 5.32 Å². The van der Waals surface area contributed by atoms with Gasteiger partial charge in [0.15, 0.2) is 0 Å². The third-order valence-corrected chi connectivity index (χ3v) is 2.92. The molecule has 0 aliphatic carbocycles. The van der Waals surface area contributed by atoms with Gasteiger partial charge in [-0.05, 0) is 19.3 Å². The van der Waals surface area contributed by atoms with Crippen molar-refractivity contribution in [1.82, 2.24) is 5.32 Å². The minimum absolute atomic E-state index is 0.269. The Bertz CT molecular complexity index is 207. The number of amides is 1. The van der Waals surface area contributed by atoms with Crippen molar-refractivity contribution < 1.29 is 9.59 Å². The second-order valence-corrected chi connectivity index (χ2v) is 4.68. The van der Waals surface area contributed by atoms with Gasteiger partial charge in [0.1, 0.15) is 0 Å². The first-order chi connectivity index (χ1) is 7.72. The van der Waals surface area contributed by atoms with Crippen LogP contribution >= 0.6 is 15.9 Å². The minimum Gasteiger partial charge on any atom is -0.350 e. The maximum atomic E-state index is 11.3. The SMILES string of the molecule is CCCCCC(=O)C(=O)NCCCCCBr. The third kappa shape index (κ3) is 8.89. The highest BCUT2D eigenvalue weighted by Gasteiger charge is 2.11. The number of hydrogen-bond acceptors (Lipinski definition) is 2. The van der Waals surface area contributed by atoms with E-state index < -0.39 is 5.91 Å². The van der Waals surface area contributed by atoms with E-state index in [-0.39, 0.29) is 5.78 Å². The van der Waals surface area contributed by atoms with Gasteiger partial charge in [-0.25, -0.2) is 0 Å². The Labute approximate surface area is 106 Å². The van der Waals surface area contributed by atoms with Crippen molar-refractivity contribution in [3.63, 3.8) is 0 Å². The molecule has 0 saturated heterocycles. The number of Topliss-reactive ketones (excluding diaryl/α,β-unsaturated/α-hetero) is 1. The van der Waals surface area contributed by atoms with Crippen LogP contribution in [0.1, 0.15) is 51.9 Å². The highest BCUT2D eigenvalue weighted by Crippen LogP contribution is 2.00. The molecule has 0 aromatic carbocycles. The van der Waals surface area contributed by atoms with Crippen LogP contribution in [0.15, 0.2) is 0 Å². The van der Waals surface area contributed by atoms with Gasteiger partial charge in [-0.15, -0.1) is 0 Å². The topological polar surface area (TPSA) is 46.2 Å². The Hall–Kier alpha value is -0.380. The van der Waals surface area contributed by atoms with Crippen LogP contribution in [0.5, 0.6) is 0 Å². The molecule has 0 unspecified atom stereocenters. The summed E-state index contributed by atoms with van der Waals surface area (Å²) < 4.78 is 0. The lowest BCUT2D eigenvalue weighted by atomic mass is 10.1. The Balaban J connectivity index is 3.44. The molecular formula is C12H22BrNO2. The summed E-state index contributed by atoms with van der Waals surface area (Å²) in [7, 11) is 0. The molecule has 0 fully saturated rings. The van der Waals surface area contributed by atoms with Crippen LogP contribution in [0, 0.1) is 0 Å². The number of unbranched alkanes of at least 4 members (excludes halogenated alkanes) is 4. The molecule has 16 heavy (non-hydrogen) atoms. The molecule has 0 heterocycles. The normalized spacial score (nSPS) is 10.1. The fourth-order valence-electron chi connectivity index (χ4n) is 1.35. The van der Waals surface area contributed by atoms with Gasteiger partial charge < -0.3 is 5.32 Å². The fraction of sp³-hybridized carbons (Fsp3) is 0.833. The zero-order chi connectivity index (χ0) is 12.2. The van der Waals surface area contributed by atoms with E-state index in [9.17, 15) is 9.59 Å².